The van der Waals surface area contributed by atoms with Crippen LogP contribution in [0.5, 0.6) is 0 Å². The van der Waals surface area contributed by atoms with E-state index < -0.39 is 11.5 Å². The molecule has 0 amide bonds. The lowest BCUT2D eigenvalue weighted by Crippen LogP contribution is -2.54. The lowest BCUT2D eigenvalue weighted by Gasteiger charge is -2.30. The van der Waals surface area contributed by atoms with Gasteiger partial charge in [-0.15, -0.1) is 0 Å². The third-order valence-corrected chi connectivity index (χ3v) is 2.68. The molecule has 0 heterocycles. The Labute approximate surface area is 91.4 Å². The van der Waals surface area contributed by atoms with Crippen molar-refractivity contribution in [2.75, 3.05) is 13.1 Å². The van der Waals surface area contributed by atoms with Crippen LogP contribution in [0.1, 0.15) is 33.6 Å². The van der Waals surface area contributed by atoms with Gasteiger partial charge in [-0.25, -0.2) is 0 Å². The minimum atomic E-state index is -1.13. The molecule has 1 saturated carbocycles. The fourth-order valence-corrected chi connectivity index (χ4v) is 1.74. The lowest BCUT2D eigenvalue weighted by molar-refractivity contribution is -0.143. The molecule has 0 spiro atoms. The number of carboxylic acids is 1. The molecule has 3 N–H and O–H groups in total. The maximum atomic E-state index is 10.9. The van der Waals surface area contributed by atoms with E-state index in [1.54, 1.807) is 6.92 Å². The zero-order valence-electron chi connectivity index (χ0n) is 9.86. The number of hydrogen-bond acceptors (Lipinski definition) is 3. The molecule has 4 nitrogen and oxygen atoms in total. The zero-order valence-corrected chi connectivity index (χ0v) is 9.86. The van der Waals surface area contributed by atoms with Gasteiger partial charge in [0, 0.05) is 19.1 Å². The van der Waals surface area contributed by atoms with E-state index in [0.717, 1.165) is 6.54 Å². The van der Waals surface area contributed by atoms with Crippen LogP contribution in [0.3, 0.4) is 0 Å². The minimum Gasteiger partial charge on any atom is -0.480 e. The highest BCUT2D eigenvalue weighted by molar-refractivity contribution is 5.78. The fourth-order valence-electron chi connectivity index (χ4n) is 1.74. The van der Waals surface area contributed by atoms with E-state index in [-0.39, 0.29) is 0 Å². The first-order valence-electron chi connectivity index (χ1n) is 5.59. The molecule has 88 valence electrons. The van der Waals surface area contributed by atoms with Crippen LogP contribution in [0, 0.1) is 5.92 Å². The Morgan fingerprint density at radius 3 is 2.47 bits per heavy atom. The molecule has 1 unspecified atom stereocenters. The van der Waals surface area contributed by atoms with Gasteiger partial charge in [-0.3, -0.25) is 9.69 Å². The van der Waals surface area contributed by atoms with Crippen LogP contribution < -0.4 is 5.73 Å². The average molecular weight is 214 g/mol. The summed E-state index contributed by atoms with van der Waals surface area (Å²) in [6, 6.07) is 0.564. The molecule has 0 saturated heterocycles. The number of hydrogen-bond donors (Lipinski definition) is 2. The van der Waals surface area contributed by atoms with Gasteiger partial charge in [-0.05, 0) is 25.7 Å². The lowest BCUT2D eigenvalue weighted by atomic mass is 10.0. The molecule has 1 atom stereocenters. The Hall–Kier alpha value is -0.610. The summed E-state index contributed by atoms with van der Waals surface area (Å²) in [5.74, 6) is -0.368. The topological polar surface area (TPSA) is 66.6 Å². The summed E-state index contributed by atoms with van der Waals surface area (Å²) < 4.78 is 0. The quantitative estimate of drug-likeness (QED) is 0.689. The van der Waals surface area contributed by atoms with Crippen molar-refractivity contribution in [2.45, 2.75) is 45.2 Å². The smallest absolute Gasteiger partial charge is 0.324 e. The summed E-state index contributed by atoms with van der Waals surface area (Å²) in [4.78, 5) is 13.2. The number of nitrogens with two attached hydrogens (primary N) is 1. The van der Waals surface area contributed by atoms with Crippen LogP contribution in [0.25, 0.3) is 0 Å². The fraction of sp³-hybridized carbons (Fsp3) is 0.909. The highest BCUT2D eigenvalue weighted by Crippen LogP contribution is 2.28. The Bertz CT molecular complexity index is 235. The molecule has 0 aromatic rings. The van der Waals surface area contributed by atoms with Crippen molar-refractivity contribution in [3.63, 3.8) is 0 Å². The highest BCUT2D eigenvalue weighted by atomic mass is 16.4. The Morgan fingerprint density at radius 1 is 1.60 bits per heavy atom. The molecule has 15 heavy (non-hydrogen) atoms. The average Bonchev–Trinajstić information content (AvgIpc) is 2.82. The predicted octanol–water partition coefficient (Wildman–Crippen LogP) is 0.909. The molecular weight excluding hydrogens is 192 g/mol. The second-order valence-corrected chi connectivity index (χ2v) is 5.28. The number of nitrogens with zero attached hydrogens (tertiary/aromatic N) is 1. The van der Waals surface area contributed by atoms with E-state index in [9.17, 15) is 4.79 Å². The minimum absolute atomic E-state index is 0.450. The standard InChI is InChI=1S/C11H22N2O2/c1-8(2)6-13(9-4-5-9)7-11(3,12)10(14)15/h8-9H,4-7,12H2,1-3H3,(H,14,15). The van der Waals surface area contributed by atoms with Gasteiger partial charge in [0.15, 0.2) is 0 Å². The van der Waals surface area contributed by atoms with E-state index in [0.29, 0.717) is 18.5 Å². The number of aliphatic carboxylic acids is 1. The van der Waals surface area contributed by atoms with E-state index >= 15 is 0 Å². The van der Waals surface area contributed by atoms with Gasteiger partial charge in [-0.1, -0.05) is 13.8 Å². The Balaban J connectivity index is 2.54. The second-order valence-electron chi connectivity index (χ2n) is 5.28. The first-order valence-corrected chi connectivity index (χ1v) is 5.59. The monoisotopic (exact) mass is 214 g/mol. The summed E-state index contributed by atoms with van der Waals surface area (Å²) in [7, 11) is 0. The van der Waals surface area contributed by atoms with Crippen molar-refractivity contribution >= 4 is 5.97 Å². The van der Waals surface area contributed by atoms with Gasteiger partial charge in [0.2, 0.25) is 0 Å². The molecule has 1 fully saturated rings. The largest absolute Gasteiger partial charge is 0.480 e. The van der Waals surface area contributed by atoms with Gasteiger partial charge in [-0.2, -0.15) is 0 Å². The maximum Gasteiger partial charge on any atom is 0.324 e. The first-order chi connectivity index (χ1) is 6.83. The van der Waals surface area contributed by atoms with Crippen molar-refractivity contribution in [3.8, 4) is 0 Å². The Kier molecular flexibility index (Phi) is 3.73. The summed E-state index contributed by atoms with van der Waals surface area (Å²) in [5.41, 5.74) is 4.63. The van der Waals surface area contributed by atoms with Crippen LogP contribution in [0.15, 0.2) is 0 Å². The van der Waals surface area contributed by atoms with Gasteiger partial charge in [0.1, 0.15) is 5.54 Å². The maximum absolute atomic E-state index is 10.9. The van der Waals surface area contributed by atoms with Crippen LogP contribution in [-0.4, -0.2) is 40.6 Å². The molecule has 1 aliphatic rings. The van der Waals surface area contributed by atoms with Gasteiger partial charge in [0.05, 0.1) is 0 Å². The number of carbonyl (C=O) groups is 1. The van der Waals surface area contributed by atoms with Crippen LogP contribution >= 0.6 is 0 Å². The third kappa shape index (κ3) is 3.80. The van der Waals surface area contributed by atoms with Gasteiger partial charge >= 0.3 is 5.97 Å². The number of carboxylic acid groups (broad SMARTS) is 1. The first kappa shape index (κ1) is 12.5. The third-order valence-electron chi connectivity index (χ3n) is 2.68. The van der Waals surface area contributed by atoms with E-state index in [4.69, 9.17) is 10.8 Å². The molecule has 0 aliphatic heterocycles. The predicted molar refractivity (Wildman–Crippen MR) is 59.7 cm³/mol. The molecule has 4 heteroatoms. The molecular formula is C11H22N2O2. The van der Waals surface area contributed by atoms with E-state index in [2.05, 4.69) is 18.7 Å². The van der Waals surface area contributed by atoms with Crippen LogP contribution in [0.2, 0.25) is 0 Å². The van der Waals surface area contributed by atoms with Crippen molar-refractivity contribution in [1.29, 1.82) is 0 Å². The molecule has 0 radical (unpaired) electrons. The summed E-state index contributed by atoms with van der Waals surface area (Å²) >= 11 is 0. The van der Waals surface area contributed by atoms with Crippen molar-refractivity contribution in [3.05, 3.63) is 0 Å². The molecule has 1 rings (SSSR count). The van der Waals surface area contributed by atoms with Gasteiger partial charge in [0.25, 0.3) is 0 Å². The van der Waals surface area contributed by atoms with Gasteiger partial charge < -0.3 is 10.8 Å². The molecule has 1 aliphatic carbocycles. The number of rotatable bonds is 6. The zero-order chi connectivity index (χ0) is 11.6. The van der Waals surface area contributed by atoms with Crippen molar-refractivity contribution < 1.29 is 9.90 Å². The van der Waals surface area contributed by atoms with Crippen molar-refractivity contribution in [2.24, 2.45) is 11.7 Å². The van der Waals surface area contributed by atoms with Crippen molar-refractivity contribution in [1.82, 2.24) is 4.90 Å². The summed E-state index contributed by atoms with van der Waals surface area (Å²) in [6.07, 6.45) is 2.37. The van der Waals surface area contributed by atoms with E-state index in [1.807, 2.05) is 0 Å². The molecule has 0 bridgehead atoms. The Morgan fingerprint density at radius 2 is 2.13 bits per heavy atom. The normalized spacial score (nSPS) is 20.7. The summed E-state index contributed by atoms with van der Waals surface area (Å²) in [5, 5.41) is 8.97. The SMILES string of the molecule is CC(C)CN(CC(C)(N)C(=O)O)C1CC1. The van der Waals surface area contributed by atoms with E-state index in [1.165, 1.54) is 12.8 Å². The second kappa shape index (κ2) is 4.49. The molecule has 0 aromatic heterocycles. The molecule has 0 aromatic carbocycles. The van der Waals surface area contributed by atoms with Crippen LogP contribution in [0.4, 0.5) is 0 Å². The summed E-state index contributed by atoms with van der Waals surface area (Å²) in [6.45, 7) is 7.26. The van der Waals surface area contributed by atoms with Crippen LogP contribution in [-0.2, 0) is 4.79 Å². The highest BCUT2D eigenvalue weighted by Gasteiger charge is 2.36.